The van der Waals surface area contributed by atoms with Crippen molar-refractivity contribution in [3.8, 4) is 18.1 Å². The third kappa shape index (κ3) is 5.20. The minimum Gasteiger partial charge on any atom is -0.481 e. The predicted octanol–water partition coefficient (Wildman–Crippen LogP) is 2.42. The van der Waals surface area contributed by atoms with Gasteiger partial charge in [-0.25, -0.2) is 9.97 Å². The summed E-state index contributed by atoms with van der Waals surface area (Å²) in [6.45, 7) is 4.13. The number of terminal acetylenes is 1. The van der Waals surface area contributed by atoms with Gasteiger partial charge in [0.25, 0.3) is 0 Å². The second kappa shape index (κ2) is 9.05. The van der Waals surface area contributed by atoms with Gasteiger partial charge in [0.1, 0.15) is 12.4 Å². The Bertz CT molecular complexity index is 685. The van der Waals surface area contributed by atoms with Crippen LogP contribution < -0.4 is 15.0 Å². The zero-order chi connectivity index (χ0) is 17.3. The van der Waals surface area contributed by atoms with Gasteiger partial charge in [-0.05, 0) is 43.5 Å². The number of hydrogen-bond donors (Lipinski definition) is 1. The summed E-state index contributed by atoms with van der Waals surface area (Å²) in [6.07, 6.45) is 12.5. The van der Waals surface area contributed by atoms with E-state index in [1.54, 1.807) is 0 Å². The highest BCUT2D eigenvalue weighted by atomic mass is 16.5. The van der Waals surface area contributed by atoms with Crippen LogP contribution in [-0.4, -0.2) is 36.2 Å². The highest BCUT2D eigenvalue weighted by Crippen LogP contribution is 2.15. The average molecular weight is 336 g/mol. The molecule has 0 radical (unpaired) electrons. The first-order valence-corrected chi connectivity index (χ1v) is 8.77. The number of ether oxygens (including phenoxy) is 1. The Morgan fingerprint density at radius 3 is 2.48 bits per heavy atom. The van der Waals surface area contributed by atoms with Crippen molar-refractivity contribution in [1.29, 1.82) is 0 Å². The Morgan fingerprint density at radius 1 is 1.08 bits per heavy atom. The van der Waals surface area contributed by atoms with Crippen molar-refractivity contribution in [2.75, 3.05) is 31.1 Å². The Kier molecular flexibility index (Phi) is 6.24. The summed E-state index contributed by atoms with van der Waals surface area (Å²) in [4.78, 5) is 11.2. The van der Waals surface area contributed by atoms with Crippen molar-refractivity contribution in [2.24, 2.45) is 0 Å². The predicted molar refractivity (Wildman–Crippen MR) is 99.7 cm³/mol. The lowest BCUT2D eigenvalue weighted by atomic mass is 10.1. The molecular formula is C20H24N4O. The van der Waals surface area contributed by atoms with E-state index in [1.165, 1.54) is 18.4 Å². The van der Waals surface area contributed by atoms with Crippen molar-refractivity contribution < 1.29 is 4.74 Å². The first-order chi connectivity index (χ1) is 12.3. The topological polar surface area (TPSA) is 50.3 Å². The van der Waals surface area contributed by atoms with E-state index in [0.717, 1.165) is 49.9 Å². The van der Waals surface area contributed by atoms with Gasteiger partial charge in [0.2, 0.25) is 5.95 Å². The second-order valence-electron chi connectivity index (χ2n) is 6.15. The molecule has 2 aromatic rings. The fourth-order valence-corrected chi connectivity index (χ4v) is 2.86. The fraction of sp³-hybridized carbons (Fsp3) is 0.400. The van der Waals surface area contributed by atoms with Crippen LogP contribution in [0.4, 0.5) is 5.95 Å². The minimum absolute atomic E-state index is 0.305. The summed E-state index contributed by atoms with van der Waals surface area (Å²) < 4.78 is 5.37. The van der Waals surface area contributed by atoms with Gasteiger partial charge in [-0.1, -0.05) is 18.1 Å². The maximum Gasteiger partial charge on any atom is 0.225 e. The maximum atomic E-state index is 5.37. The minimum atomic E-state index is 0.305. The molecule has 1 aliphatic rings. The van der Waals surface area contributed by atoms with Gasteiger partial charge >= 0.3 is 0 Å². The molecule has 5 nitrogen and oxygen atoms in total. The number of nitrogens with zero attached hydrogens (tertiary/aromatic N) is 3. The highest BCUT2D eigenvalue weighted by molar-refractivity contribution is 5.31. The van der Waals surface area contributed by atoms with Gasteiger partial charge in [-0.15, -0.1) is 6.42 Å². The molecule has 0 saturated carbocycles. The van der Waals surface area contributed by atoms with E-state index in [4.69, 9.17) is 11.2 Å². The lowest BCUT2D eigenvalue weighted by Crippen LogP contribution is -2.21. The van der Waals surface area contributed by atoms with Gasteiger partial charge in [0.05, 0.1) is 0 Å². The Balaban J connectivity index is 1.38. The van der Waals surface area contributed by atoms with Gasteiger partial charge in [0.15, 0.2) is 0 Å². The summed E-state index contributed by atoms with van der Waals surface area (Å²) >= 11 is 0. The van der Waals surface area contributed by atoms with Crippen LogP contribution in [0.15, 0.2) is 36.7 Å². The zero-order valence-corrected chi connectivity index (χ0v) is 14.4. The normalized spacial score (nSPS) is 13.6. The molecule has 0 aliphatic carbocycles. The number of benzene rings is 1. The molecule has 1 N–H and O–H groups in total. The molecule has 3 rings (SSSR count). The first kappa shape index (κ1) is 17.2. The molecule has 130 valence electrons. The molecule has 1 fully saturated rings. The van der Waals surface area contributed by atoms with Crippen LogP contribution in [0.5, 0.6) is 5.75 Å². The molecule has 1 saturated heterocycles. The first-order valence-electron chi connectivity index (χ1n) is 8.77. The average Bonchev–Trinajstić information content (AvgIpc) is 3.20. The van der Waals surface area contributed by atoms with Crippen molar-refractivity contribution in [3.63, 3.8) is 0 Å². The zero-order valence-electron chi connectivity index (χ0n) is 14.4. The van der Waals surface area contributed by atoms with Gasteiger partial charge < -0.3 is 15.0 Å². The summed E-state index contributed by atoms with van der Waals surface area (Å²) in [5.41, 5.74) is 2.38. The Morgan fingerprint density at radius 2 is 1.80 bits per heavy atom. The number of rotatable bonds is 8. The van der Waals surface area contributed by atoms with Crippen LogP contribution in [0.1, 0.15) is 24.0 Å². The third-order valence-electron chi connectivity index (χ3n) is 4.25. The van der Waals surface area contributed by atoms with E-state index in [2.05, 4.69) is 38.2 Å². The molecule has 1 aromatic heterocycles. The quantitative estimate of drug-likeness (QED) is 0.593. The number of anilines is 1. The van der Waals surface area contributed by atoms with E-state index in [1.807, 2.05) is 24.5 Å². The highest BCUT2D eigenvalue weighted by Gasteiger charge is 2.14. The van der Waals surface area contributed by atoms with Crippen molar-refractivity contribution in [2.45, 2.75) is 25.8 Å². The molecule has 0 atom stereocenters. The molecule has 1 aromatic carbocycles. The van der Waals surface area contributed by atoms with Crippen LogP contribution in [-0.2, 0) is 13.0 Å². The molecule has 0 bridgehead atoms. The summed E-state index contributed by atoms with van der Waals surface area (Å²) in [7, 11) is 0. The van der Waals surface area contributed by atoms with Gasteiger partial charge in [-0.3, -0.25) is 0 Å². The van der Waals surface area contributed by atoms with Crippen LogP contribution in [0.3, 0.4) is 0 Å². The van der Waals surface area contributed by atoms with Crippen LogP contribution in [0.25, 0.3) is 0 Å². The van der Waals surface area contributed by atoms with E-state index in [9.17, 15) is 0 Å². The molecule has 5 heteroatoms. The van der Waals surface area contributed by atoms with E-state index < -0.39 is 0 Å². The standard InChI is InChI=1S/C20H24N4O/c1-2-13-25-19-7-5-17(6-8-19)9-10-21-14-18-15-22-20(23-16-18)24-11-3-4-12-24/h1,5-8,15-16,21H,3-4,9-14H2. The molecule has 0 amide bonds. The lowest BCUT2D eigenvalue weighted by Gasteiger charge is -2.14. The van der Waals surface area contributed by atoms with Crippen LogP contribution in [0, 0.1) is 12.3 Å². The summed E-state index contributed by atoms with van der Waals surface area (Å²) in [5, 5.41) is 3.44. The summed E-state index contributed by atoms with van der Waals surface area (Å²) in [6, 6.07) is 8.05. The van der Waals surface area contributed by atoms with Crippen molar-refractivity contribution >= 4 is 5.95 Å². The van der Waals surface area contributed by atoms with Crippen LogP contribution >= 0.6 is 0 Å². The Hall–Kier alpha value is -2.58. The van der Waals surface area contributed by atoms with E-state index in [0.29, 0.717) is 6.61 Å². The molecule has 0 spiro atoms. The molecule has 25 heavy (non-hydrogen) atoms. The molecule has 0 unspecified atom stereocenters. The maximum absolute atomic E-state index is 5.37. The van der Waals surface area contributed by atoms with E-state index >= 15 is 0 Å². The third-order valence-corrected chi connectivity index (χ3v) is 4.25. The molecular weight excluding hydrogens is 312 g/mol. The van der Waals surface area contributed by atoms with E-state index in [-0.39, 0.29) is 0 Å². The van der Waals surface area contributed by atoms with Gasteiger partial charge in [-0.2, -0.15) is 0 Å². The van der Waals surface area contributed by atoms with Crippen molar-refractivity contribution in [1.82, 2.24) is 15.3 Å². The summed E-state index contributed by atoms with van der Waals surface area (Å²) in [5.74, 6) is 4.13. The number of aromatic nitrogens is 2. The Labute approximate surface area is 149 Å². The second-order valence-corrected chi connectivity index (χ2v) is 6.15. The molecule has 2 heterocycles. The SMILES string of the molecule is C#CCOc1ccc(CCNCc2cnc(N3CCCC3)nc2)cc1. The number of hydrogen-bond acceptors (Lipinski definition) is 5. The van der Waals surface area contributed by atoms with Gasteiger partial charge in [0, 0.05) is 37.6 Å². The number of nitrogens with one attached hydrogen (secondary N) is 1. The largest absolute Gasteiger partial charge is 0.481 e. The monoisotopic (exact) mass is 336 g/mol. The van der Waals surface area contributed by atoms with Crippen LogP contribution in [0.2, 0.25) is 0 Å². The smallest absolute Gasteiger partial charge is 0.225 e. The molecule has 1 aliphatic heterocycles. The van der Waals surface area contributed by atoms with Crippen molar-refractivity contribution in [3.05, 3.63) is 47.8 Å². The fourth-order valence-electron chi connectivity index (χ4n) is 2.86. The lowest BCUT2D eigenvalue weighted by molar-refractivity contribution is 0.370.